The van der Waals surface area contributed by atoms with Crippen LogP contribution in [0.4, 0.5) is 13.2 Å². The highest BCUT2D eigenvalue weighted by Crippen LogP contribution is 2.37. The Balaban J connectivity index is 0.000000241. The molecule has 1 aromatic rings. The molecule has 0 aliphatic carbocycles. The SMILES string of the molecule is CC(C(N)=O)C1CCN(C)C1.CC1CN(C)CC1CF.CCC(C)C1CCN(C)C1.CCC1(Cc2ccccc2)CCN(C)C1.CCC1CN(C)CC1(F)F. The lowest BCUT2D eigenvalue weighted by atomic mass is 9.78. The standard InChI is InChI=1S/C14H21N.C9H19N.C8H16N2O.C7H13F2N.C7H14FN/c1-3-14(9-10-15(2)12-14)11-13-7-5-4-6-8-13;1-4-8(2)9-5-6-10(3)7-9;1-6(8(9)11)7-3-4-10(2)5-7;1-3-6-4-10(2)5-7(6,8)9;1-6-4-9(2)5-7(6)3-8/h4-8H,3,9-12H2,1-2H3;8-9H,4-7H2,1-3H3;6-7H,3-5H2,1-2H3,(H2,9,11);6H,3-5H2,1-2H3;6-7H,3-5H2,1-2H3. The minimum absolute atomic E-state index is 0.0416. The first-order valence-electron chi connectivity index (χ1n) is 21.6. The lowest BCUT2D eigenvalue weighted by Crippen LogP contribution is -2.29. The molecule has 6 rings (SSSR count). The van der Waals surface area contributed by atoms with E-state index in [-0.39, 0.29) is 25.0 Å². The summed E-state index contributed by atoms with van der Waals surface area (Å²) in [5, 5.41) is 0. The topological polar surface area (TPSA) is 59.3 Å². The smallest absolute Gasteiger partial charge is 0.264 e. The van der Waals surface area contributed by atoms with Crippen LogP contribution in [-0.2, 0) is 11.2 Å². The average Bonchev–Trinajstić information content (AvgIpc) is 3.98. The fourth-order valence-corrected chi connectivity index (χ4v) is 9.11. The minimum atomic E-state index is -2.44. The Morgan fingerprint density at radius 2 is 1.40 bits per heavy atom. The predicted octanol–water partition coefficient (Wildman–Crippen LogP) is 7.75. The second-order valence-electron chi connectivity index (χ2n) is 18.4. The molecule has 55 heavy (non-hydrogen) atoms. The second-order valence-corrected chi connectivity index (χ2v) is 18.4. The zero-order chi connectivity index (χ0) is 41.3. The van der Waals surface area contributed by atoms with Crippen LogP contribution in [0.5, 0.6) is 0 Å². The van der Waals surface area contributed by atoms with E-state index in [1.165, 1.54) is 63.8 Å². The Morgan fingerprint density at radius 3 is 1.75 bits per heavy atom. The van der Waals surface area contributed by atoms with Gasteiger partial charge >= 0.3 is 0 Å². The summed E-state index contributed by atoms with van der Waals surface area (Å²) in [5.41, 5.74) is 7.24. The van der Waals surface area contributed by atoms with Gasteiger partial charge in [0.05, 0.1) is 13.2 Å². The first-order valence-corrected chi connectivity index (χ1v) is 21.6. The van der Waals surface area contributed by atoms with Crippen molar-refractivity contribution in [3.8, 4) is 0 Å². The Hall–Kier alpha value is -1.72. The van der Waals surface area contributed by atoms with Crippen LogP contribution in [0, 0.1) is 46.8 Å². The first kappa shape index (κ1) is 49.4. The summed E-state index contributed by atoms with van der Waals surface area (Å²) in [7, 11) is 10.3. The molecule has 5 heterocycles. The summed E-state index contributed by atoms with van der Waals surface area (Å²) in [5.74, 6) is 0.277. The number of nitrogens with zero attached hydrogens (tertiary/aromatic N) is 5. The molecule has 2 N–H and O–H groups in total. The maximum absolute atomic E-state index is 12.8. The summed E-state index contributed by atoms with van der Waals surface area (Å²) >= 11 is 0. The number of halogens is 3. The van der Waals surface area contributed by atoms with Gasteiger partial charge in [-0.05, 0) is 128 Å². The molecule has 1 aromatic carbocycles. The van der Waals surface area contributed by atoms with Gasteiger partial charge < -0.3 is 30.2 Å². The van der Waals surface area contributed by atoms with E-state index < -0.39 is 11.8 Å². The molecular formula is C45H83F3N6O. The molecule has 7 nitrogen and oxygen atoms in total. The van der Waals surface area contributed by atoms with Gasteiger partial charge in [0.25, 0.3) is 5.92 Å². The molecule has 320 valence electrons. The van der Waals surface area contributed by atoms with Crippen LogP contribution in [0.3, 0.4) is 0 Å². The monoisotopic (exact) mass is 781 g/mol. The molecule has 0 saturated carbocycles. The van der Waals surface area contributed by atoms with E-state index in [2.05, 4.69) is 98.8 Å². The number of likely N-dealkylation sites (tertiary alicyclic amines) is 5. The van der Waals surface area contributed by atoms with Crippen molar-refractivity contribution in [1.82, 2.24) is 24.5 Å². The Labute approximate surface area is 335 Å². The van der Waals surface area contributed by atoms with Crippen LogP contribution in [-0.4, -0.2) is 144 Å². The van der Waals surface area contributed by atoms with Crippen molar-refractivity contribution in [2.24, 2.45) is 52.6 Å². The molecule has 0 aromatic heterocycles. The van der Waals surface area contributed by atoms with Gasteiger partial charge in [0.15, 0.2) is 0 Å². The molecular weight excluding hydrogens is 698 g/mol. The molecule has 5 aliphatic rings. The highest BCUT2D eigenvalue weighted by atomic mass is 19.3. The van der Waals surface area contributed by atoms with Gasteiger partial charge in [0, 0.05) is 57.0 Å². The lowest BCUT2D eigenvalue weighted by Gasteiger charge is -2.27. The van der Waals surface area contributed by atoms with Crippen LogP contribution in [0.15, 0.2) is 30.3 Å². The number of nitrogens with two attached hydrogens (primary N) is 1. The number of hydrogen-bond acceptors (Lipinski definition) is 6. The third-order valence-electron chi connectivity index (χ3n) is 13.5. The molecule has 5 fully saturated rings. The molecule has 0 bridgehead atoms. The average molecular weight is 781 g/mol. The quantitative estimate of drug-likeness (QED) is 0.277. The second kappa shape index (κ2) is 24.3. The Bertz CT molecular complexity index is 1190. The van der Waals surface area contributed by atoms with Gasteiger partial charge in [-0.25, -0.2) is 8.78 Å². The predicted molar refractivity (Wildman–Crippen MR) is 226 cm³/mol. The van der Waals surface area contributed by atoms with Crippen molar-refractivity contribution >= 4 is 5.91 Å². The van der Waals surface area contributed by atoms with Crippen molar-refractivity contribution in [1.29, 1.82) is 0 Å². The highest BCUT2D eigenvalue weighted by molar-refractivity contribution is 5.76. The number of carbonyl (C=O) groups is 1. The number of carbonyl (C=O) groups excluding carboxylic acids is 1. The van der Waals surface area contributed by atoms with Crippen molar-refractivity contribution < 1.29 is 18.0 Å². The van der Waals surface area contributed by atoms with Crippen LogP contribution in [0.1, 0.15) is 85.6 Å². The van der Waals surface area contributed by atoms with Gasteiger partial charge in [0.2, 0.25) is 5.91 Å². The van der Waals surface area contributed by atoms with E-state index in [0.717, 1.165) is 44.4 Å². The van der Waals surface area contributed by atoms with Crippen molar-refractivity contribution in [3.05, 3.63) is 35.9 Å². The maximum atomic E-state index is 12.8. The van der Waals surface area contributed by atoms with Gasteiger partial charge in [0.1, 0.15) is 0 Å². The zero-order valence-corrected chi connectivity index (χ0v) is 37.0. The van der Waals surface area contributed by atoms with E-state index in [0.29, 0.717) is 36.1 Å². The van der Waals surface area contributed by atoms with Gasteiger partial charge in [-0.2, -0.15) is 0 Å². The highest BCUT2D eigenvalue weighted by Gasteiger charge is 2.45. The summed E-state index contributed by atoms with van der Waals surface area (Å²) in [6, 6.07) is 10.9. The normalized spacial score (nSPS) is 30.9. The fourth-order valence-electron chi connectivity index (χ4n) is 9.11. The van der Waals surface area contributed by atoms with Gasteiger partial charge in [-0.1, -0.05) is 78.3 Å². The van der Waals surface area contributed by atoms with E-state index in [4.69, 9.17) is 5.73 Å². The van der Waals surface area contributed by atoms with Crippen molar-refractivity contribution in [3.63, 3.8) is 0 Å². The summed E-state index contributed by atoms with van der Waals surface area (Å²) in [4.78, 5) is 21.8. The Morgan fingerprint density at radius 1 is 0.800 bits per heavy atom. The molecule has 0 radical (unpaired) electrons. The van der Waals surface area contributed by atoms with E-state index in [1.807, 2.05) is 20.9 Å². The van der Waals surface area contributed by atoms with Crippen LogP contribution in [0.2, 0.25) is 0 Å². The number of primary amides is 1. The number of alkyl halides is 3. The van der Waals surface area contributed by atoms with Crippen LogP contribution in [0.25, 0.3) is 0 Å². The minimum Gasteiger partial charge on any atom is -0.369 e. The number of hydrogen-bond donors (Lipinski definition) is 1. The maximum Gasteiger partial charge on any atom is 0.264 e. The molecule has 10 heteroatoms. The fraction of sp³-hybridized carbons (Fsp3) is 0.844. The lowest BCUT2D eigenvalue weighted by molar-refractivity contribution is -0.122. The number of amides is 1. The third-order valence-corrected chi connectivity index (χ3v) is 13.5. The molecule has 8 atom stereocenters. The number of rotatable bonds is 9. The number of benzene rings is 1. The van der Waals surface area contributed by atoms with E-state index in [1.54, 1.807) is 11.9 Å². The molecule has 5 saturated heterocycles. The Kier molecular flexibility index (Phi) is 21.8. The van der Waals surface area contributed by atoms with Crippen molar-refractivity contribution in [2.75, 3.05) is 107 Å². The van der Waals surface area contributed by atoms with Crippen LogP contribution >= 0.6 is 0 Å². The third kappa shape index (κ3) is 17.0. The molecule has 5 aliphatic heterocycles. The van der Waals surface area contributed by atoms with Crippen LogP contribution < -0.4 is 5.73 Å². The summed E-state index contributed by atoms with van der Waals surface area (Å²) in [6.45, 7) is 22.5. The summed E-state index contributed by atoms with van der Waals surface area (Å²) in [6.07, 6.45) is 8.36. The van der Waals surface area contributed by atoms with Crippen molar-refractivity contribution in [2.45, 2.75) is 92.4 Å². The van der Waals surface area contributed by atoms with E-state index in [9.17, 15) is 18.0 Å². The largest absolute Gasteiger partial charge is 0.369 e. The molecule has 1 amide bonds. The van der Waals surface area contributed by atoms with Gasteiger partial charge in [-0.3, -0.25) is 9.18 Å². The summed E-state index contributed by atoms with van der Waals surface area (Å²) < 4.78 is 37.7. The zero-order valence-electron chi connectivity index (χ0n) is 37.0. The van der Waals surface area contributed by atoms with Gasteiger partial charge in [-0.15, -0.1) is 0 Å². The first-order chi connectivity index (χ1) is 25.9. The molecule has 8 unspecified atom stereocenters. The molecule has 0 spiro atoms. The van der Waals surface area contributed by atoms with E-state index >= 15 is 0 Å².